The summed E-state index contributed by atoms with van der Waals surface area (Å²) in [6, 6.07) is 4.11. The van der Waals surface area contributed by atoms with Crippen molar-refractivity contribution in [2.24, 2.45) is 5.92 Å². The molecule has 1 aromatic rings. The highest BCUT2D eigenvalue weighted by Crippen LogP contribution is 2.20. The van der Waals surface area contributed by atoms with E-state index in [2.05, 4.69) is 26.5 Å². The molecule has 1 aromatic heterocycles. The first-order valence-electron chi connectivity index (χ1n) is 5.99. The molecule has 1 saturated heterocycles. The van der Waals surface area contributed by atoms with Gasteiger partial charge in [0.05, 0.1) is 5.69 Å². The van der Waals surface area contributed by atoms with Crippen LogP contribution in [-0.2, 0) is 0 Å². The van der Waals surface area contributed by atoms with Gasteiger partial charge in [-0.3, -0.25) is 0 Å². The molecule has 1 unspecified atom stereocenters. The molecule has 4 nitrogen and oxygen atoms in total. The van der Waals surface area contributed by atoms with Crippen molar-refractivity contribution in [2.45, 2.75) is 19.8 Å². The Labute approximate surface area is 97.1 Å². The average Bonchev–Trinajstić information content (AvgIpc) is 2.31. The Morgan fingerprint density at radius 2 is 2.31 bits per heavy atom. The van der Waals surface area contributed by atoms with Crippen LogP contribution in [0.3, 0.4) is 0 Å². The predicted octanol–water partition coefficient (Wildman–Crippen LogP) is 1.22. The molecule has 0 saturated carbocycles. The highest BCUT2D eigenvalue weighted by atomic mass is 15.3. The molecule has 1 fully saturated rings. The Kier molecular flexibility index (Phi) is 3.72. The van der Waals surface area contributed by atoms with Crippen molar-refractivity contribution in [3.05, 3.63) is 17.8 Å². The van der Waals surface area contributed by atoms with E-state index in [0.29, 0.717) is 0 Å². The first-order valence-corrected chi connectivity index (χ1v) is 5.99. The van der Waals surface area contributed by atoms with Gasteiger partial charge in [-0.2, -0.15) is 5.10 Å². The lowest BCUT2D eigenvalue weighted by Crippen LogP contribution is -2.39. The van der Waals surface area contributed by atoms with Gasteiger partial charge in [0.1, 0.15) is 0 Å². The molecule has 1 atom stereocenters. The third kappa shape index (κ3) is 2.70. The number of aromatic nitrogens is 2. The highest BCUT2D eigenvalue weighted by Gasteiger charge is 2.20. The third-order valence-corrected chi connectivity index (χ3v) is 3.12. The highest BCUT2D eigenvalue weighted by molar-refractivity contribution is 5.37. The van der Waals surface area contributed by atoms with Crippen molar-refractivity contribution in [1.29, 1.82) is 0 Å². The Morgan fingerprint density at radius 3 is 3.00 bits per heavy atom. The molecule has 1 aliphatic heterocycles. The maximum absolute atomic E-state index is 4.25. The minimum Gasteiger partial charge on any atom is -0.355 e. The van der Waals surface area contributed by atoms with E-state index < -0.39 is 0 Å². The van der Waals surface area contributed by atoms with Crippen molar-refractivity contribution in [3.8, 4) is 0 Å². The smallest absolute Gasteiger partial charge is 0.151 e. The maximum Gasteiger partial charge on any atom is 0.151 e. The van der Waals surface area contributed by atoms with Crippen molar-refractivity contribution in [2.75, 3.05) is 31.6 Å². The average molecular weight is 220 g/mol. The summed E-state index contributed by atoms with van der Waals surface area (Å²) in [4.78, 5) is 2.35. The van der Waals surface area contributed by atoms with E-state index in [9.17, 15) is 0 Å². The zero-order valence-electron chi connectivity index (χ0n) is 10.1. The number of rotatable bonds is 3. The largest absolute Gasteiger partial charge is 0.355 e. The molecule has 0 amide bonds. The summed E-state index contributed by atoms with van der Waals surface area (Å²) in [6.45, 7) is 5.27. The molecule has 88 valence electrons. The van der Waals surface area contributed by atoms with Crippen LogP contribution >= 0.6 is 0 Å². The summed E-state index contributed by atoms with van der Waals surface area (Å²) in [5.41, 5.74) is 0.979. The van der Waals surface area contributed by atoms with Crippen LogP contribution in [0.5, 0.6) is 0 Å². The number of hydrogen-bond acceptors (Lipinski definition) is 4. The fourth-order valence-corrected chi connectivity index (χ4v) is 2.29. The van der Waals surface area contributed by atoms with E-state index in [0.717, 1.165) is 37.1 Å². The van der Waals surface area contributed by atoms with Crippen molar-refractivity contribution < 1.29 is 0 Å². The molecule has 0 aromatic carbocycles. The molecule has 0 spiro atoms. The van der Waals surface area contributed by atoms with Crippen LogP contribution in [0.4, 0.5) is 5.82 Å². The Bertz CT molecular complexity index is 320. The van der Waals surface area contributed by atoms with Gasteiger partial charge < -0.3 is 10.2 Å². The van der Waals surface area contributed by atoms with Gasteiger partial charge in [0, 0.05) is 13.1 Å². The van der Waals surface area contributed by atoms with Gasteiger partial charge in [0.15, 0.2) is 5.82 Å². The summed E-state index contributed by atoms with van der Waals surface area (Å²) in [7, 11) is 2.02. The maximum atomic E-state index is 4.25. The topological polar surface area (TPSA) is 41.0 Å². The summed E-state index contributed by atoms with van der Waals surface area (Å²) in [5.74, 6) is 1.76. The lowest BCUT2D eigenvalue weighted by molar-refractivity contribution is 0.400. The van der Waals surface area contributed by atoms with Crippen LogP contribution in [0, 0.1) is 12.8 Å². The molecule has 0 aliphatic carbocycles. The molecule has 2 rings (SSSR count). The lowest BCUT2D eigenvalue weighted by atomic mass is 9.98. The van der Waals surface area contributed by atoms with Crippen LogP contribution in [0.15, 0.2) is 12.1 Å². The Hall–Kier alpha value is -1.16. The lowest BCUT2D eigenvalue weighted by Gasteiger charge is -2.33. The predicted molar refractivity (Wildman–Crippen MR) is 65.6 cm³/mol. The summed E-state index contributed by atoms with van der Waals surface area (Å²) in [6.07, 6.45) is 2.57. The molecule has 16 heavy (non-hydrogen) atoms. The van der Waals surface area contributed by atoms with E-state index in [1.807, 2.05) is 20.0 Å². The van der Waals surface area contributed by atoms with Crippen molar-refractivity contribution >= 4 is 5.82 Å². The van der Waals surface area contributed by atoms with Gasteiger partial charge in [-0.15, -0.1) is 5.10 Å². The van der Waals surface area contributed by atoms with Crippen LogP contribution in [-0.4, -0.2) is 36.9 Å². The SMILES string of the molecule is CNCC1CCCN(c2ccc(C)nn2)C1. The normalized spacial score (nSPS) is 21.1. The number of anilines is 1. The summed E-state index contributed by atoms with van der Waals surface area (Å²) >= 11 is 0. The fourth-order valence-electron chi connectivity index (χ4n) is 2.29. The zero-order valence-corrected chi connectivity index (χ0v) is 10.1. The first kappa shape index (κ1) is 11.3. The molecule has 1 aliphatic rings. The van der Waals surface area contributed by atoms with Crippen LogP contribution < -0.4 is 10.2 Å². The second kappa shape index (κ2) is 5.25. The van der Waals surface area contributed by atoms with Crippen molar-refractivity contribution in [3.63, 3.8) is 0 Å². The van der Waals surface area contributed by atoms with E-state index in [1.165, 1.54) is 12.8 Å². The van der Waals surface area contributed by atoms with E-state index in [1.54, 1.807) is 0 Å². The Balaban J connectivity index is 2.01. The van der Waals surface area contributed by atoms with Gasteiger partial charge in [-0.05, 0) is 51.4 Å². The number of piperidine rings is 1. The van der Waals surface area contributed by atoms with E-state index in [4.69, 9.17) is 0 Å². The molecule has 0 bridgehead atoms. The van der Waals surface area contributed by atoms with Gasteiger partial charge in [0.2, 0.25) is 0 Å². The van der Waals surface area contributed by atoms with Crippen LogP contribution in [0.2, 0.25) is 0 Å². The van der Waals surface area contributed by atoms with E-state index >= 15 is 0 Å². The molecule has 1 N–H and O–H groups in total. The van der Waals surface area contributed by atoms with Gasteiger partial charge in [0.25, 0.3) is 0 Å². The first-order chi connectivity index (χ1) is 7.79. The molecule has 2 heterocycles. The van der Waals surface area contributed by atoms with Gasteiger partial charge in [-0.1, -0.05) is 0 Å². The van der Waals surface area contributed by atoms with Gasteiger partial charge >= 0.3 is 0 Å². The molecular weight excluding hydrogens is 200 g/mol. The minimum atomic E-state index is 0.738. The zero-order chi connectivity index (χ0) is 11.4. The second-order valence-electron chi connectivity index (χ2n) is 4.54. The van der Waals surface area contributed by atoms with Gasteiger partial charge in [-0.25, -0.2) is 0 Å². The monoisotopic (exact) mass is 220 g/mol. The van der Waals surface area contributed by atoms with Crippen molar-refractivity contribution in [1.82, 2.24) is 15.5 Å². The fraction of sp³-hybridized carbons (Fsp3) is 0.667. The second-order valence-corrected chi connectivity index (χ2v) is 4.54. The summed E-state index contributed by atoms with van der Waals surface area (Å²) < 4.78 is 0. The van der Waals surface area contributed by atoms with Crippen LogP contribution in [0.1, 0.15) is 18.5 Å². The molecule has 0 radical (unpaired) electrons. The molecular formula is C12H20N4. The number of nitrogens with one attached hydrogen (secondary N) is 1. The Morgan fingerprint density at radius 1 is 1.44 bits per heavy atom. The number of hydrogen-bond donors (Lipinski definition) is 1. The van der Waals surface area contributed by atoms with E-state index in [-0.39, 0.29) is 0 Å². The van der Waals surface area contributed by atoms with Crippen LogP contribution in [0.25, 0.3) is 0 Å². The third-order valence-electron chi connectivity index (χ3n) is 3.12. The standard InChI is InChI=1S/C12H20N4/c1-10-5-6-12(15-14-10)16-7-3-4-11(9-16)8-13-2/h5-6,11,13H,3-4,7-9H2,1-2H3. The number of aryl methyl sites for hydroxylation is 1. The number of nitrogens with zero attached hydrogens (tertiary/aromatic N) is 3. The molecule has 4 heteroatoms. The quantitative estimate of drug-likeness (QED) is 0.831. The summed E-state index contributed by atoms with van der Waals surface area (Å²) in [5, 5.41) is 11.6. The minimum absolute atomic E-state index is 0.738.